The molecular weight excluding hydrogens is 246 g/mol. The summed E-state index contributed by atoms with van der Waals surface area (Å²) >= 11 is 0. The summed E-state index contributed by atoms with van der Waals surface area (Å²) < 4.78 is 10.7. The predicted octanol–water partition coefficient (Wildman–Crippen LogP) is 0.930. The molecule has 0 heterocycles. The Labute approximate surface area is 117 Å². The number of nitrogens with one attached hydrogen (secondary N) is 1. The number of hydrogen-bond donors (Lipinski definition) is 3. The maximum atomic E-state index is 9.79. The van der Waals surface area contributed by atoms with Crippen molar-refractivity contribution in [3.05, 3.63) is 0 Å². The van der Waals surface area contributed by atoms with E-state index in [0.29, 0.717) is 32.8 Å². The van der Waals surface area contributed by atoms with E-state index in [-0.39, 0.29) is 18.2 Å². The molecule has 0 aliphatic carbocycles. The zero-order chi connectivity index (χ0) is 14.7. The number of β-amino-alcohol motifs (C(OH)–C–C–N with tert-alkyl or cyclic N) is 1. The van der Waals surface area contributed by atoms with Crippen LogP contribution in [0.15, 0.2) is 0 Å². The lowest BCUT2D eigenvalue weighted by Crippen LogP contribution is -2.46. The maximum Gasteiger partial charge on any atom is 0.0897 e. The molecule has 0 spiro atoms. The monoisotopic (exact) mass is 277 g/mol. The summed E-state index contributed by atoms with van der Waals surface area (Å²) in [4.78, 5) is 0. The SMILES string of the molecule is CCC(C)(CCO)NCC(O)COCCOC(C)C. The summed E-state index contributed by atoms with van der Waals surface area (Å²) in [5, 5.41) is 22.1. The van der Waals surface area contributed by atoms with Crippen LogP contribution in [0.25, 0.3) is 0 Å². The molecule has 5 nitrogen and oxygen atoms in total. The molecule has 19 heavy (non-hydrogen) atoms. The van der Waals surface area contributed by atoms with Crippen molar-refractivity contribution in [3.8, 4) is 0 Å². The standard InChI is InChI=1S/C14H31NO4/c1-5-14(4,6-7-16)15-10-13(17)11-18-8-9-19-12(2)3/h12-13,15-17H,5-11H2,1-4H3. The maximum absolute atomic E-state index is 9.79. The summed E-state index contributed by atoms with van der Waals surface area (Å²) in [5.41, 5.74) is -0.128. The first-order valence-corrected chi connectivity index (χ1v) is 7.17. The largest absolute Gasteiger partial charge is 0.396 e. The molecule has 5 heteroatoms. The molecule has 0 rings (SSSR count). The van der Waals surface area contributed by atoms with Crippen LogP contribution in [0.5, 0.6) is 0 Å². The molecule has 3 N–H and O–H groups in total. The van der Waals surface area contributed by atoms with Crippen molar-refractivity contribution in [2.45, 2.75) is 58.3 Å². The Morgan fingerprint density at radius 2 is 1.95 bits per heavy atom. The van der Waals surface area contributed by atoms with E-state index in [1.54, 1.807) is 0 Å². The van der Waals surface area contributed by atoms with Crippen LogP contribution >= 0.6 is 0 Å². The highest BCUT2D eigenvalue weighted by molar-refractivity contribution is 4.82. The van der Waals surface area contributed by atoms with Gasteiger partial charge in [0, 0.05) is 18.7 Å². The fourth-order valence-corrected chi connectivity index (χ4v) is 1.62. The number of rotatable bonds is 12. The van der Waals surface area contributed by atoms with Gasteiger partial charge < -0.3 is 25.0 Å². The Morgan fingerprint density at radius 1 is 1.26 bits per heavy atom. The molecule has 0 aromatic rings. The van der Waals surface area contributed by atoms with Crippen LogP contribution in [0.2, 0.25) is 0 Å². The van der Waals surface area contributed by atoms with Gasteiger partial charge in [-0.2, -0.15) is 0 Å². The lowest BCUT2D eigenvalue weighted by Gasteiger charge is -2.30. The highest BCUT2D eigenvalue weighted by Gasteiger charge is 2.21. The molecule has 2 atom stereocenters. The van der Waals surface area contributed by atoms with Gasteiger partial charge in [-0.3, -0.25) is 0 Å². The Bertz CT molecular complexity index is 214. The summed E-state index contributed by atoms with van der Waals surface area (Å²) in [6, 6.07) is 0. The van der Waals surface area contributed by atoms with Gasteiger partial charge in [0.25, 0.3) is 0 Å². The second kappa shape index (κ2) is 10.6. The predicted molar refractivity (Wildman–Crippen MR) is 76.3 cm³/mol. The average molecular weight is 277 g/mol. The molecule has 0 aliphatic rings. The molecule has 2 unspecified atom stereocenters. The first-order valence-electron chi connectivity index (χ1n) is 7.17. The molecule has 0 saturated carbocycles. The zero-order valence-electron chi connectivity index (χ0n) is 12.8. The Morgan fingerprint density at radius 3 is 2.47 bits per heavy atom. The number of ether oxygens (including phenoxy) is 2. The van der Waals surface area contributed by atoms with Crippen molar-refractivity contribution in [2.75, 3.05) is 33.0 Å². The van der Waals surface area contributed by atoms with Gasteiger partial charge in [-0.15, -0.1) is 0 Å². The van der Waals surface area contributed by atoms with Crippen molar-refractivity contribution in [2.24, 2.45) is 0 Å². The van der Waals surface area contributed by atoms with Gasteiger partial charge >= 0.3 is 0 Å². The van der Waals surface area contributed by atoms with E-state index in [4.69, 9.17) is 14.6 Å². The van der Waals surface area contributed by atoms with Gasteiger partial charge in [-0.25, -0.2) is 0 Å². The fourth-order valence-electron chi connectivity index (χ4n) is 1.62. The lowest BCUT2D eigenvalue weighted by molar-refractivity contribution is -0.0118. The minimum Gasteiger partial charge on any atom is -0.396 e. The topological polar surface area (TPSA) is 71.0 Å². The summed E-state index contributed by atoms with van der Waals surface area (Å²) in [6.07, 6.45) is 1.26. The lowest BCUT2D eigenvalue weighted by atomic mass is 9.95. The molecule has 0 amide bonds. The van der Waals surface area contributed by atoms with Gasteiger partial charge in [-0.1, -0.05) is 6.92 Å². The minimum atomic E-state index is -0.538. The van der Waals surface area contributed by atoms with Crippen molar-refractivity contribution in [3.63, 3.8) is 0 Å². The van der Waals surface area contributed by atoms with E-state index in [1.807, 2.05) is 20.8 Å². The van der Waals surface area contributed by atoms with Gasteiger partial charge in [0.1, 0.15) is 0 Å². The van der Waals surface area contributed by atoms with Crippen LogP contribution in [0.3, 0.4) is 0 Å². The van der Waals surface area contributed by atoms with Crippen molar-refractivity contribution in [1.29, 1.82) is 0 Å². The van der Waals surface area contributed by atoms with Crippen molar-refractivity contribution < 1.29 is 19.7 Å². The molecule has 0 aliphatic heterocycles. The quantitative estimate of drug-likeness (QED) is 0.463. The molecule has 0 saturated heterocycles. The molecule has 0 radical (unpaired) electrons. The van der Waals surface area contributed by atoms with Crippen molar-refractivity contribution in [1.82, 2.24) is 5.32 Å². The Balaban J connectivity index is 3.65. The van der Waals surface area contributed by atoms with Gasteiger partial charge in [-0.05, 0) is 33.6 Å². The van der Waals surface area contributed by atoms with Crippen LogP contribution in [-0.2, 0) is 9.47 Å². The van der Waals surface area contributed by atoms with E-state index < -0.39 is 6.10 Å². The third kappa shape index (κ3) is 10.3. The van der Waals surface area contributed by atoms with Crippen LogP contribution in [0.4, 0.5) is 0 Å². The van der Waals surface area contributed by atoms with E-state index in [2.05, 4.69) is 12.2 Å². The number of aliphatic hydroxyl groups is 2. The zero-order valence-corrected chi connectivity index (χ0v) is 12.8. The summed E-state index contributed by atoms with van der Waals surface area (Å²) in [7, 11) is 0. The van der Waals surface area contributed by atoms with E-state index >= 15 is 0 Å². The molecule has 0 fully saturated rings. The van der Waals surface area contributed by atoms with Crippen LogP contribution < -0.4 is 5.32 Å². The average Bonchev–Trinajstić information content (AvgIpc) is 2.36. The second-order valence-electron chi connectivity index (χ2n) is 5.42. The summed E-state index contributed by atoms with van der Waals surface area (Å²) in [6.45, 7) is 10.0. The third-order valence-electron chi connectivity index (χ3n) is 3.20. The van der Waals surface area contributed by atoms with Crippen LogP contribution in [-0.4, -0.2) is 60.9 Å². The molecular formula is C14H31NO4. The third-order valence-corrected chi connectivity index (χ3v) is 3.20. The minimum absolute atomic E-state index is 0.128. The highest BCUT2D eigenvalue weighted by Crippen LogP contribution is 2.13. The smallest absolute Gasteiger partial charge is 0.0897 e. The Hall–Kier alpha value is -0.200. The van der Waals surface area contributed by atoms with E-state index in [0.717, 1.165) is 6.42 Å². The molecule has 0 aromatic carbocycles. The summed E-state index contributed by atoms with van der Waals surface area (Å²) in [5.74, 6) is 0. The first-order chi connectivity index (χ1) is 8.93. The van der Waals surface area contributed by atoms with Gasteiger partial charge in [0.05, 0.1) is 32.0 Å². The second-order valence-corrected chi connectivity index (χ2v) is 5.42. The Kier molecular flexibility index (Phi) is 10.5. The van der Waals surface area contributed by atoms with Crippen LogP contribution in [0.1, 0.15) is 40.5 Å². The first kappa shape index (κ1) is 18.8. The number of hydrogen-bond acceptors (Lipinski definition) is 5. The molecule has 0 bridgehead atoms. The molecule has 116 valence electrons. The normalized spacial score (nSPS) is 16.6. The number of aliphatic hydroxyl groups excluding tert-OH is 2. The molecule has 0 aromatic heterocycles. The van der Waals surface area contributed by atoms with Gasteiger partial charge in [0.2, 0.25) is 0 Å². The van der Waals surface area contributed by atoms with E-state index in [9.17, 15) is 5.11 Å². The fraction of sp³-hybridized carbons (Fsp3) is 1.00. The highest BCUT2D eigenvalue weighted by atomic mass is 16.5. The van der Waals surface area contributed by atoms with Gasteiger partial charge in [0.15, 0.2) is 0 Å². The van der Waals surface area contributed by atoms with Crippen LogP contribution in [0, 0.1) is 0 Å². The van der Waals surface area contributed by atoms with Crippen molar-refractivity contribution >= 4 is 0 Å². The van der Waals surface area contributed by atoms with E-state index in [1.165, 1.54) is 0 Å².